The Balaban J connectivity index is 2.77. The Bertz CT molecular complexity index is 605. The molecular weight excluding hydrogens is 342 g/mol. The Hall–Kier alpha value is -2.39. The van der Waals surface area contributed by atoms with Crippen molar-refractivity contribution in [2.24, 2.45) is 10.9 Å². The Kier molecular flexibility index (Phi) is 11.5. The summed E-state index contributed by atoms with van der Waals surface area (Å²) < 4.78 is 10.8. The number of ether oxygens (including phenoxy) is 2. The molecule has 1 aromatic carbocycles. The summed E-state index contributed by atoms with van der Waals surface area (Å²) >= 11 is 0. The van der Waals surface area contributed by atoms with Crippen molar-refractivity contribution in [2.75, 3.05) is 33.4 Å². The molecule has 3 N–H and O–H groups in total. The number of hydrogen-bond acceptors (Lipinski definition) is 4. The molecule has 1 rings (SSSR count). The minimum atomic E-state index is 0.191. The number of rotatable bonds is 12. The van der Waals surface area contributed by atoms with E-state index in [4.69, 9.17) is 15.9 Å². The van der Waals surface area contributed by atoms with Crippen LogP contribution in [0.25, 0.3) is 0 Å². The van der Waals surface area contributed by atoms with E-state index in [-0.39, 0.29) is 13.2 Å². The van der Waals surface area contributed by atoms with Gasteiger partial charge in [0, 0.05) is 19.7 Å². The molecule has 27 heavy (non-hydrogen) atoms. The number of aliphatic hydroxyl groups excluding tert-OH is 1. The largest absolute Gasteiger partial charge is 0.493 e. The van der Waals surface area contributed by atoms with Crippen LogP contribution < -0.4 is 20.1 Å². The molecule has 6 heteroatoms. The van der Waals surface area contributed by atoms with Crippen molar-refractivity contribution in [1.29, 1.82) is 0 Å². The third kappa shape index (κ3) is 8.69. The zero-order chi connectivity index (χ0) is 19.9. The number of nitrogens with zero attached hydrogens (tertiary/aromatic N) is 1. The Labute approximate surface area is 163 Å². The van der Waals surface area contributed by atoms with Crippen molar-refractivity contribution >= 4 is 5.96 Å². The highest BCUT2D eigenvalue weighted by Crippen LogP contribution is 2.28. The smallest absolute Gasteiger partial charge is 0.191 e. The summed E-state index contributed by atoms with van der Waals surface area (Å²) in [4.78, 5) is 4.65. The van der Waals surface area contributed by atoms with Crippen LogP contribution in [0.2, 0.25) is 0 Å². The molecule has 1 unspecified atom stereocenters. The predicted molar refractivity (Wildman–Crippen MR) is 110 cm³/mol. The number of aliphatic imine (C=N–C) groups is 1. The molecule has 0 aliphatic heterocycles. The fourth-order valence-electron chi connectivity index (χ4n) is 2.74. The first-order chi connectivity index (χ1) is 13.2. The maximum atomic E-state index is 9.21. The molecule has 0 saturated heterocycles. The number of methoxy groups -OCH3 is 1. The third-order valence-electron chi connectivity index (χ3n) is 4.10. The molecule has 0 aliphatic rings. The van der Waals surface area contributed by atoms with Crippen LogP contribution in [-0.2, 0) is 6.54 Å². The number of aliphatic hydroxyl groups is 1. The lowest BCUT2D eigenvalue weighted by Crippen LogP contribution is -2.40. The van der Waals surface area contributed by atoms with Crippen molar-refractivity contribution < 1.29 is 14.6 Å². The van der Waals surface area contributed by atoms with Gasteiger partial charge in [0.25, 0.3) is 0 Å². The molecule has 1 atom stereocenters. The van der Waals surface area contributed by atoms with E-state index in [9.17, 15) is 5.11 Å². The predicted octanol–water partition coefficient (Wildman–Crippen LogP) is 2.56. The van der Waals surface area contributed by atoms with Gasteiger partial charge in [-0.25, -0.2) is 4.99 Å². The highest BCUT2D eigenvalue weighted by molar-refractivity contribution is 5.79. The SMILES string of the molecule is C#CCOc1cc(CN=C(NCC)NCC(CCC)CCO)ccc1OC. The van der Waals surface area contributed by atoms with Gasteiger partial charge in [0.1, 0.15) is 6.61 Å². The van der Waals surface area contributed by atoms with Gasteiger partial charge in [-0.3, -0.25) is 0 Å². The first kappa shape index (κ1) is 22.7. The topological polar surface area (TPSA) is 75.1 Å². The number of nitrogens with one attached hydrogen (secondary N) is 2. The Morgan fingerprint density at radius 3 is 2.70 bits per heavy atom. The van der Waals surface area contributed by atoms with E-state index in [0.717, 1.165) is 43.9 Å². The zero-order valence-electron chi connectivity index (χ0n) is 16.8. The van der Waals surface area contributed by atoms with Gasteiger partial charge in [-0.1, -0.05) is 25.3 Å². The lowest BCUT2D eigenvalue weighted by Gasteiger charge is -2.18. The maximum absolute atomic E-state index is 9.21. The summed E-state index contributed by atoms with van der Waals surface area (Å²) in [6, 6.07) is 5.71. The fraction of sp³-hybridized carbons (Fsp3) is 0.571. The minimum Gasteiger partial charge on any atom is -0.493 e. The summed E-state index contributed by atoms with van der Waals surface area (Å²) in [7, 11) is 1.60. The second-order valence-corrected chi connectivity index (χ2v) is 6.22. The summed E-state index contributed by atoms with van der Waals surface area (Å²) in [5.41, 5.74) is 1.00. The number of terminal acetylenes is 1. The van der Waals surface area contributed by atoms with Gasteiger partial charge in [0.05, 0.1) is 13.7 Å². The average molecular weight is 376 g/mol. The Morgan fingerprint density at radius 2 is 2.07 bits per heavy atom. The summed E-state index contributed by atoms with van der Waals surface area (Å²) in [5, 5.41) is 15.8. The van der Waals surface area contributed by atoms with Crippen molar-refractivity contribution in [3.05, 3.63) is 23.8 Å². The van der Waals surface area contributed by atoms with Crippen molar-refractivity contribution in [3.8, 4) is 23.8 Å². The van der Waals surface area contributed by atoms with Crippen LogP contribution in [0.15, 0.2) is 23.2 Å². The van der Waals surface area contributed by atoms with Crippen LogP contribution in [0.3, 0.4) is 0 Å². The van der Waals surface area contributed by atoms with Crippen molar-refractivity contribution in [3.63, 3.8) is 0 Å². The summed E-state index contributed by atoms with van der Waals surface area (Å²) in [6.45, 7) is 6.68. The maximum Gasteiger partial charge on any atom is 0.191 e. The number of hydrogen-bond donors (Lipinski definition) is 3. The third-order valence-corrected chi connectivity index (χ3v) is 4.10. The molecule has 0 fully saturated rings. The molecule has 150 valence electrons. The molecule has 0 bridgehead atoms. The fourth-order valence-corrected chi connectivity index (χ4v) is 2.74. The van der Waals surface area contributed by atoms with E-state index in [0.29, 0.717) is 24.0 Å². The molecule has 1 aromatic rings. The van der Waals surface area contributed by atoms with Crippen LogP contribution in [0, 0.1) is 18.3 Å². The van der Waals surface area contributed by atoms with E-state index < -0.39 is 0 Å². The van der Waals surface area contributed by atoms with Gasteiger partial charge in [0.2, 0.25) is 0 Å². The highest BCUT2D eigenvalue weighted by Gasteiger charge is 2.09. The van der Waals surface area contributed by atoms with E-state index >= 15 is 0 Å². The van der Waals surface area contributed by atoms with Crippen molar-refractivity contribution in [2.45, 2.75) is 39.7 Å². The van der Waals surface area contributed by atoms with Gasteiger partial charge < -0.3 is 25.2 Å². The van der Waals surface area contributed by atoms with Crippen LogP contribution in [0.5, 0.6) is 11.5 Å². The van der Waals surface area contributed by atoms with Gasteiger partial charge in [-0.2, -0.15) is 0 Å². The second kappa shape index (κ2) is 13.8. The van der Waals surface area contributed by atoms with E-state index in [1.165, 1.54) is 0 Å². The molecule has 0 spiro atoms. The van der Waals surface area contributed by atoms with Crippen LogP contribution in [0.1, 0.15) is 38.7 Å². The highest BCUT2D eigenvalue weighted by atomic mass is 16.5. The zero-order valence-corrected chi connectivity index (χ0v) is 16.8. The first-order valence-electron chi connectivity index (χ1n) is 9.54. The lowest BCUT2D eigenvalue weighted by atomic mass is 10.0. The molecule has 0 saturated carbocycles. The van der Waals surface area contributed by atoms with Crippen LogP contribution >= 0.6 is 0 Å². The van der Waals surface area contributed by atoms with E-state index in [2.05, 4.69) is 28.5 Å². The summed E-state index contributed by atoms with van der Waals surface area (Å²) in [6.07, 6.45) is 8.26. The standard InChI is InChI=1S/C21H33N3O3/c1-5-8-17(11-12-25)15-23-21(22-7-3)24-16-18-9-10-19(26-4)20(14-18)27-13-6-2/h2,9-10,14,17,25H,5,7-8,11-13,15-16H2,1,3-4H3,(H2,22,23,24). The molecule has 0 amide bonds. The molecule has 6 nitrogen and oxygen atoms in total. The van der Waals surface area contributed by atoms with E-state index in [1.807, 2.05) is 25.1 Å². The Morgan fingerprint density at radius 1 is 1.26 bits per heavy atom. The molecule has 0 aliphatic carbocycles. The first-order valence-corrected chi connectivity index (χ1v) is 9.54. The second-order valence-electron chi connectivity index (χ2n) is 6.22. The van der Waals surface area contributed by atoms with Crippen LogP contribution in [-0.4, -0.2) is 44.5 Å². The number of guanidine groups is 1. The normalized spacial score (nSPS) is 12.2. The monoisotopic (exact) mass is 375 g/mol. The molecule has 0 radical (unpaired) electrons. The minimum absolute atomic E-state index is 0.191. The van der Waals surface area contributed by atoms with Gasteiger partial charge in [-0.05, 0) is 43.4 Å². The van der Waals surface area contributed by atoms with Crippen LogP contribution in [0.4, 0.5) is 0 Å². The van der Waals surface area contributed by atoms with Crippen molar-refractivity contribution in [1.82, 2.24) is 10.6 Å². The van der Waals surface area contributed by atoms with Gasteiger partial charge >= 0.3 is 0 Å². The summed E-state index contributed by atoms with van der Waals surface area (Å²) in [5.74, 6) is 4.92. The number of benzene rings is 1. The van der Waals surface area contributed by atoms with Gasteiger partial charge in [-0.15, -0.1) is 6.42 Å². The average Bonchev–Trinajstić information content (AvgIpc) is 2.68. The van der Waals surface area contributed by atoms with E-state index in [1.54, 1.807) is 7.11 Å². The molecule has 0 aromatic heterocycles. The lowest BCUT2D eigenvalue weighted by molar-refractivity contribution is 0.251. The quantitative estimate of drug-likeness (QED) is 0.297. The molecule has 0 heterocycles. The van der Waals surface area contributed by atoms with Gasteiger partial charge in [0.15, 0.2) is 17.5 Å². The molecular formula is C21H33N3O3.